The normalized spacial score (nSPS) is 21.1. The first-order valence-corrected chi connectivity index (χ1v) is 9.28. The van der Waals surface area contributed by atoms with Crippen molar-refractivity contribution in [1.29, 1.82) is 0 Å². The number of rotatable bonds is 10. The molecule has 0 radical (unpaired) electrons. The summed E-state index contributed by atoms with van der Waals surface area (Å²) in [5.74, 6) is 1.15. The van der Waals surface area contributed by atoms with E-state index in [1.54, 1.807) is 0 Å². The van der Waals surface area contributed by atoms with Crippen molar-refractivity contribution in [3.8, 4) is 0 Å². The number of hydrogen-bond donors (Lipinski definition) is 0. The van der Waals surface area contributed by atoms with Crippen LogP contribution in [0.1, 0.15) is 50.0 Å². The lowest BCUT2D eigenvalue weighted by Gasteiger charge is -2.28. The van der Waals surface area contributed by atoms with Gasteiger partial charge in [0.2, 0.25) is 0 Å². The van der Waals surface area contributed by atoms with Crippen LogP contribution in [0.2, 0.25) is 0 Å². The van der Waals surface area contributed by atoms with E-state index in [-0.39, 0.29) is 12.2 Å². The summed E-state index contributed by atoms with van der Waals surface area (Å²) in [7, 11) is 0. The van der Waals surface area contributed by atoms with Crippen molar-refractivity contribution in [1.82, 2.24) is 0 Å². The van der Waals surface area contributed by atoms with Gasteiger partial charge in [-0.15, -0.1) is 0 Å². The highest BCUT2D eigenvalue weighted by Gasteiger charge is 2.22. The monoisotopic (exact) mass is 334 g/mol. The molecule has 134 valence electrons. The molecule has 2 heterocycles. The van der Waals surface area contributed by atoms with E-state index in [0.717, 1.165) is 52.5 Å². The van der Waals surface area contributed by atoms with Gasteiger partial charge in [-0.2, -0.15) is 0 Å². The van der Waals surface area contributed by atoms with Crippen molar-refractivity contribution < 1.29 is 18.9 Å². The van der Waals surface area contributed by atoms with E-state index in [0.29, 0.717) is 11.8 Å². The van der Waals surface area contributed by atoms with Gasteiger partial charge >= 0.3 is 0 Å². The quantitative estimate of drug-likeness (QED) is 0.650. The number of hydrogen-bond acceptors (Lipinski definition) is 4. The molecule has 0 aromatic heterocycles. The lowest BCUT2D eigenvalue weighted by molar-refractivity contribution is -0.0891. The van der Waals surface area contributed by atoms with Crippen LogP contribution in [0.15, 0.2) is 24.3 Å². The van der Waals surface area contributed by atoms with Gasteiger partial charge in [-0.25, -0.2) is 0 Å². The zero-order valence-corrected chi connectivity index (χ0v) is 14.9. The third-order valence-corrected chi connectivity index (χ3v) is 4.90. The van der Waals surface area contributed by atoms with E-state index in [2.05, 4.69) is 38.1 Å². The van der Waals surface area contributed by atoms with Crippen LogP contribution < -0.4 is 0 Å². The van der Waals surface area contributed by atoms with Crippen LogP contribution in [-0.4, -0.2) is 39.6 Å². The Morgan fingerprint density at radius 3 is 1.42 bits per heavy atom. The smallest absolute Gasteiger partial charge is 0.0822 e. The van der Waals surface area contributed by atoms with Crippen LogP contribution in [0.3, 0.4) is 0 Å². The molecule has 4 heteroatoms. The zero-order valence-electron chi connectivity index (χ0n) is 14.9. The van der Waals surface area contributed by atoms with Gasteiger partial charge in [0.15, 0.2) is 0 Å². The molecule has 0 aliphatic carbocycles. The third-order valence-electron chi connectivity index (χ3n) is 4.90. The molecule has 1 aromatic carbocycles. The van der Waals surface area contributed by atoms with E-state index in [1.807, 2.05) is 0 Å². The summed E-state index contributed by atoms with van der Waals surface area (Å²) < 4.78 is 22.6. The van der Waals surface area contributed by atoms with Gasteiger partial charge < -0.3 is 18.9 Å². The van der Waals surface area contributed by atoms with Gasteiger partial charge in [-0.3, -0.25) is 0 Å². The largest absolute Gasteiger partial charge is 0.381 e. The molecule has 0 amide bonds. The first kappa shape index (κ1) is 17.9. The molecule has 0 N–H and O–H groups in total. The minimum absolute atomic E-state index is 0.174. The lowest BCUT2D eigenvalue weighted by Crippen LogP contribution is -2.32. The minimum Gasteiger partial charge on any atom is -0.381 e. The molecule has 1 aromatic rings. The second-order valence-electron chi connectivity index (χ2n) is 6.93. The molecule has 24 heavy (non-hydrogen) atoms. The number of benzene rings is 1. The van der Waals surface area contributed by atoms with E-state index in [1.165, 1.54) is 11.1 Å². The molecular weight excluding hydrogens is 304 g/mol. The van der Waals surface area contributed by atoms with Gasteiger partial charge in [0, 0.05) is 11.8 Å². The average molecular weight is 334 g/mol. The van der Waals surface area contributed by atoms with Crippen molar-refractivity contribution in [3.63, 3.8) is 0 Å². The van der Waals surface area contributed by atoms with Gasteiger partial charge in [-0.05, 0) is 24.0 Å². The second-order valence-corrected chi connectivity index (χ2v) is 6.93. The molecular formula is C20H30O4. The molecule has 2 aliphatic heterocycles. The Hall–Kier alpha value is -0.940. The fraction of sp³-hybridized carbons (Fsp3) is 0.700. The Bertz CT molecular complexity index is 434. The summed E-state index contributed by atoms with van der Waals surface area (Å²) in [6, 6.07) is 8.77. The molecule has 2 atom stereocenters. The van der Waals surface area contributed by atoms with Crippen LogP contribution in [-0.2, 0) is 18.9 Å². The fourth-order valence-electron chi connectivity index (χ4n) is 3.09. The van der Waals surface area contributed by atoms with Gasteiger partial charge in [0.1, 0.15) is 0 Å². The topological polar surface area (TPSA) is 36.9 Å². The van der Waals surface area contributed by atoms with Gasteiger partial charge in [0.25, 0.3) is 0 Å². The summed E-state index contributed by atoms with van der Waals surface area (Å²) in [4.78, 5) is 0. The Balaban J connectivity index is 1.53. The van der Waals surface area contributed by atoms with Crippen LogP contribution >= 0.6 is 0 Å². The molecule has 4 nitrogen and oxygen atoms in total. The maximum atomic E-state index is 6.08. The predicted octanol–water partition coefficient (Wildman–Crippen LogP) is 3.91. The summed E-state index contributed by atoms with van der Waals surface area (Å²) >= 11 is 0. The first-order chi connectivity index (χ1) is 11.8. The van der Waals surface area contributed by atoms with E-state index in [4.69, 9.17) is 18.9 Å². The highest BCUT2D eigenvalue weighted by atomic mass is 16.5. The molecule has 0 bridgehead atoms. The van der Waals surface area contributed by atoms with Crippen molar-refractivity contribution >= 4 is 0 Å². The van der Waals surface area contributed by atoms with Crippen LogP contribution in [0.4, 0.5) is 0 Å². The minimum atomic E-state index is 0.174. The third kappa shape index (κ3) is 4.57. The van der Waals surface area contributed by atoms with Gasteiger partial charge in [0.05, 0.1) is 51.8 Å². The fourth-order valence-corrected chi connectivity index (χ4v) is 3.09. The summed E-state index contributed by atoms with van der Waals surface area (Å²) in [5, 5.41) is 0. The van der Waals surface area contributed by atoms with E-state index < -0.39 is 0 Å². The summed E-state index contributed by atoms with van der Waals surface area (Å²) in [6.07, 6.45) is 2.32. The lowest BCUT2D eigenvalue weighted by atomic mass is 10.0. The molecule has 2 saturated heterocycles. The first-order valence-electron chi connectivity index (χ1n) is 9.28. The Kier molecular flexibility index (Phi) is 6.67. The van der Waals surface area contributed by atoms with Crippen molar-refractivity contribution in [2.75, 3.05) is 39.6 Å². The van der Waals surface area contributed by atoms with E-state index in [9.17, 15) is 0 Å². The number of ether oxygens (including phenoxy) is 4. The molecule has 2 unspecified atom stereocenters. The molecule has 2 aliphatic rings. The highest BCUT2D eigenvalue weighted by molar-refractivity contribution is 5.26. The maximum Gasteiger partial charge on any atom is 0.0822 e. The van der Waals surface area contributed by atoms with E-state index >= 15 is 0 Å². The predicted molar refractivity (Wildman–Crippen MR) is 93.0 cm³/mol. The van der Waals surface area contributed by atoms with Gasteiger partial charge in [-0.1, -0.05) is 38.1 Å². The van der Waals surface area contributed by atoms with Crippen molar-refractivity contribution in [2.24, 2.45) is 11.8 Å². The van der Waals surface area contributed by atoms with Crippen molar-refractivity contribution in [3.05, 3.63) is 35.4 Å². The molecule has 3 rings (SSSR count). The Morgan fingerprint density at radius 2 is 1.17 bits per heavy atom. The SMILES string of the molecule is CCC(OCC1COC1)c1ccc(C(CC)OCC2COC2)cc1. The van der Waals surface area contributed by atoms with Crippen LogP contribution in [0, 0.1) is 11.8 Å². The Labute approximate surface area is 145 Å². The van der Waals surface area contributed by atoms with Crippen LogP contribution in [0.25, 0.3) is 0 Å². The Morgan fingerprint density at radius 1 is 0.792 bits per heavy atom. The maximum absolute atomic E-state index is 6.08. The summed E-state index contributed by atoms with van der Waals surface area (Å²) in [5.41, 5.74) is 2.51. The molecule has 0 saturated carbocycles. The zero-order chi connectivity index (χ0) is 16.8. The second kappa shape index (κ2) is 8.95. The average Bonchev–Trinajstić information content (AvgIpc) is 2.53. The molecule has 2 fully saturated rings. The molecule has 0 spiro atoms. The standard InChI is InChI=1S/C20H30O4/c1-3-19(23-13-15-9-21-10-15)17-5-7-18(8-6-17)20(4-2)24-14-16-11-22-12-16/h5-8,15-16,19-20H,3-4,9-14H2,1-2H3. The van der Waals surface area contributed by atoms with Crippen molar-refractivity contribution in [2.45, 2.75) is 38.9 Å². The van der Waals surface area contributed by atoms with Crippen LogP contribution in [0.5, 0.6) is 0 Å². The highest BCUT2D eigenvalue weighted by Crippen LogP contribution is 2.27. The summed E-state index contributed by atoms with van der Waals surface area (Å²) in [6.45, 7) is 9.32.